The minimum Gasteiger partial charge on any atom is -0.444 e. The van der Waals surface area contributed by atoms with Crippen LogP contribution in [0.2, 0.25) is 0 Å². The zero-order valence-electron chi connectivity index (χ0n) is 21.7. The van der Waals surface area contributed by atoms with Gasteiger partial charge >= 0.3 is 6.09 Å². The highest BCUT2D eigenvalue weighted by molar-refractivity contribution is 5.69. The third kappa shape index (κ3) is 5.49. The van der Waals surface area contributed by atoms with Crippen molar-refractivity contribution in [3.63, 3.8) is 0 Å². The lowest BCUT2D eigenvalue weighted by Gasteiger charge is -2.45. The molecule has 0 saturated carbocycles. The number of piperidine rings is 1. The third-order valence-corrected chi connectivity index (χ3v) is 7.50. The number of hydrogen-bond acceptors (Lipinski definition) is 6. The number of nitrogens with zero attached hydrogens (tertiary/aromatic N) is 2. The van der Waals surface area contributed by atoms with Crippen molar-refractivity contribution in [2.45, 2.75) is 69.9 Å². The highest BCUT2D eigenvalue weighted by Gasteiger charge is 2.44. The van der Waals surface area contributed by atoms with Gasteiger partial charge in [-0.05, 0) is 73.6 Å². The molecule has 2 aromatic carbocycles. The summed E-state index contributed by atoms with van der Waals surface area (Å²) in [6.45, 7) is 9.45. The lowest BCUT2D eigenvalue weighted by atomic mass is 9.82. The molecule has 1 atom stereocenters. The fourth-order valence-electron chi connectivity index (χ4n) is 5.39. The number of alkyl carbamates (subject to hydrolysis) is 1. The number of carbonyl (C=O) groups is 1. The summed E-state index contributed by atoms with van der Waals surface area (Å²) < 4.78 is 32.1. The Kier molecular flexibility index (Phi) is 6.97. The Balaban J connectivity index is 1.29. The van der Waals surface area contributed by atoms with E-state index in [4.69, 9.17) is 14.2 Å². The summed E-state index contributed by atoms with van der Waals surface area (Å²) in [7, 11) is 0. The topological polar surface area (TPSA) is 83.8 Å². The third-order valence-electron chi connectivity index (χ3n) is 7.50. The highest BCUT2D eigenvalue weighted by atomic mass is 19.1. The van der Waals surface area contributed by atoms with Crippen molar-refractivity contribution < 1.29 is 23.4 Å². The van der Waals surface area contributed by atoms with Crippen molar-refractivity contribution in [2.24, 2.45) is 0 Å². The molecule has 3 aliphatic heterocycles. The van der Waals surface area contributed by atoms with Gasteiger partial charge in [-0.15, -0.1) is 0 Å². The van der Waals surface area contributed by atoms with Crippen molar-refractivity contribution in [1.82, 2.24) is 10.2 Å². The van der Waals surface area contributed by atoms with Crippen molar-refractivity contribution in [2.75, 3.05) is 26.3 Å². The van der Waals surface area contributed by atoms with Gasteiger partial charge in [0.15, 0.2) is 0 Å². The van der Waals surface area contributed by atoms with E-state index < -0.39 is 23.6 Å². The number of fused-ring (bicyclic) bond motifs is 2. The average molecular weight is 508 g/mol. The fraction of sp³-hybridized carbons (Fsp3) is 0.517. The normalized spacial score (nSPS) is 20.1. The number of nitrogens with one attached hydrogen (secondary N) is 1. The lowest BCUT2D eigenvalue weighted by molar-refractivity contribution is -0.119. The largest absolute Gasteiger partial charge is 0.444 e. The molecule has 7 nitrogen and oxygen atoms in total. The second-order valence-electron chi connectivity index (χ2n) is 11.2. The van der Waals surface area contributed by atoms with Gasteiger partial charge in [-0.25, -0.2) is 9.18 Å². The molecule has 3 aliphatic rings. The summed E-state index contributed by atoms with van der Waals surface area (Å²) in [6.07, 6.45) is 1.23. The van der Waals surface area contributed by atoms with Crippen molar-refractivity contribution >= 4 is 6.09 Å². The zero-order chi connectivity index (χ0) is 26.2. The van der Waals surface area contributed by atoms with E-state index in [9.17, 15) is 10.1 Å². The molecule has 37 heavy (non-hydrogen) atoms. The highest BCUT2D eigenvalue weighted by Crippen LogP contribution is 2.46. The van der Waals surface area contributed by atoms with Crippen molar-refractivity contribution in [3.8, 4) is 17.2 Å². The molecule has 0 aromatic heterocycles. The summed E-state index contributed by atoms with van der Waals surface area (Å²) in [5.74, 6) is -0.411. The van der Waals surface area contributed by atoms with Crippen LogP contribution in [0.4, 0.5) is 9.18 Å². The smallest absolute Gasteiger partial charge is 0.408 e. The molecule has 2 fully saturated rings. The van der Waals surface area contributed by atoms with Crippen LogP contribution in [0.3, 0.4) is 0 Å². The molecule has 2 saturated heterocycles. The predicted octanol–water partition coefficient (Wildman–Crippen LogP) is 4.67. The number of nitriles is 1. The number of carbonyl (C=O) groups excluding carboxylic acids is 1. The molecule has 0 aliphatic carbocycles. The van der Waals surface area contributed by atoms with Crippen LogP contribution in [0, 0.1) is 17.1 Å². The molecule has 0 unspecified atom stereocenters. The first-order valence-corrected chi connectivity index (χ1v) is 12.9. The molecule has 3 heterocycles. The number of benzene rings is 2. The van der Waals surface area contributed by atoms with Gasteiger partial charge in [-0.2, -0.15) is 5.26 Å². The first-order valence-electron chi connectivity index (χ1n) is 12.9. The Hall–Kier alpha value is -2.99. The molecule has 5 rings (SSSR count). The minimum atomic E-state index is -0.899. The average Bonchev–Trinajstić information content (AvgIpc) is 3.16. The summed E-state index contributed by atoms with van der Waals surface area (Å²) >= 11 is 0. The van der Waals surface area contributed by atoms with Crippen LogP contribution >= 0.6 is 0 Å². The van der Waals surface area contributed by atoms with Crippen LogP contribution in [0.1, 0.15) is 50.3 Å². The second-order valence-corrected chi connectivity index (χ2v) is 11.2. The number of likely N-dealkylation sites (tertiary alicyclic amines) is 1. The van der Waals surface area contributed by atoms with Crippen molar-refractivity contribution in [3.05, 3.63) is 58.9 Å². The predicted molar refractivity (Wildman–Crippen MR) is 136 cm³/mol. The summed E-state index contributed by atoms with van der Waals surface area (Å²) in [6, 6.07) is 13.0. The van der Waals surface area contributed by atoms with Crippen LogP contribution in [0.5, 0.6) is 0 Å². The molecule has 1 spiro atoms. The van der Waals surface area contributed by atoms with Gasteiger partial charge in [0.1, 0.15) is 17.5 Å². The van der Waals surface area contributed by atoms with Gasteiger partial charge in [-0.1, -0.05) is 24.3 Å². The number of rotatable bonds is 5. The van der Waals surface area contributed by atoms with Gasteiger partial charge in [-0.3, -0.25) is 4.90 Å². The Morgan fingerprint density at radius 3 is 2.54 bits per heavy atom. The fourth-order valence-corrected chi connectivity index (χ4v) is 5.39. The van der Waals surface area contributed by atoms with Crippen LogP contribution in [0.25, 0.3) is 11.1 Å². The van der Waals surface area contributed by atoms with E-state index >= 15 is 4.39 Å². The van der Waals surface area contributed by atoms with E-state index in [0.29, 0.717) is 18.2 Å². The lowest BCUT2D eigenvalue weighted by Crippen LogP contribution is -2.54. The van der Waals surface area contributed by atoms with E-state index in [1.54, 1.807) is 26.8 Å². The monoisotopic (exact) mass is 507 g/mol. The van der Waals surface area contributed by atoms with Gasteiger partial charge in [0.25, 0.3) is 0 Å². The summed E-state index contributed by atoms with van der Waals surface area (Å²) in [5, 5.41) is 12.0. The van der Waals surface area contributed by atoms with E-state index in [1.165, 1.54) is 17.2 Å². The molecule has 1 amide bonds. The first kappa shape index (κ1) is 25.7. The number of ether oxygens (including phenoxy) is 3. The van der Waals surface area contributed by atoms with Gasteiger partial charge in [0.2, 0.25) is 0 Å². The summed E-state index contributed by atoms with van der Waals surface area (Å²) in [5.41, 5.74) is 3.52. The SMILES string of the molecule is CC(C)(C)OC(=O)N[C@H](C#N)Cc1ccc(-c2ccc3c(c2)C2(CCN(C4COC4)CC2)OC3)cc1F. The van der Waals surface area contributed by atoms with Gasteiger partial charge in [0, 0.05) is 19.5 Å². The zero-order valence-corrected chi connectivity index (χ0v) is 21.7. The number of amides is 1. The van der Waals surface area contributed by atoms with Gasteiger partial charge < -0.3 is 19.5 Å². The Morgan fingerprint density at radius 1 is 1.22 bits per heavy atom. The van der Waals surface area contributed by atoms with E-state index in [0.717, 1.165) is 50.3 Å². The number of hydrogen-bond donors (Lipinski definition) is 1. The summed E-state index contributed by atoms with van der Waals surface area (Å²) in [4.78, 5) is 14.5. The van der Waals surface area contributed by atoms with Crippen LogP contribution in [-0.2, 0) is 32.8 Å². The first-order chi connectivity index (χ1) is 17.7. The second kappa shape index (κ2) is 10.1. The molecule has 0 radical (unpaired) electrons. The standard InChI is InChI=1S/C29H34FN3O4/c1-28(2,3)37-27(34)32-23(15-31)12-21-6-4-20(14-26(21)30)19-5-7-22-16-36-29(25(22)13-19)8-10-33(11-9-29)24-17-35-18-24/h4-7,13-14,23-24H,8-12,16-18H2,1-3H3,(H,32,34)/t23-/m0/s1. The van der Waals surface area contributed by atoms with Crippen LogP contribution < -0.4 is 5.32 Å². The molecule has 0 bridgehead atoms. The van der Waals surface area contributed by atoms with E-state index in [2.05, 4.69) is 22.3 Å². The minimum absolute atomic E-state index is 0.0472. The molecular weight excluding hydrogens is 473 g/mol. The quantitative estimate of drug-likeness (QED) is 0.633. The van der Waals surface area contributed by atoms with E-state index in [1.807, 2.05) is 18.2 Å². The van der Waals surface area contributed by atoms with E-state index in [-0.39, 0.29) is 12.0 Å². The van der Waals surface area contributed by atoms with Crippen LogP contribution in [0.15, 0.2) is 36.4 Å². The maximum Gasteiger partial charge on any atom is 0.408 e. The Labute approximate surface area is 217 Å². The van der Waals surface area contributed by atoms with Crippen LogP contribution in [-0.4, -0.2) is 55.0 Å². The Morgan fingerprint density at radius 2 is 1.92 bits per heavy atom. The number of halogens is 1. The maximum atomic E-state index is 15.1. The molecule has 2 aromatic rings. The van der Waals surface area contributed by atoms with Crippen molar-refractivity contribution in [1.29, 1.82) is 5.26 Å². The Bertz CT molecular complexity index is 1210. The van der Waals surface area contributed by atoms with Gasteiger partial charge in [0.05, 0.1) is 37.5 Å². The molecule has 1 N–H and O–H groups in total. The molecule has 8 heteroatoms. The molecular formula is C29H34FN3O4. The molecule has 196 valence electrons. The maximum absolute atomic E-state index is 15.1.